The number of unbranched alkanes of at least 4 members (excludes halogenated alkanes) is 3. The van der Waals surface area contributed by atoms with Gasteiger partial charge < -0.3 is 71.5 Å². The Kier molecular flexibility index (Phi) is 35.1. The van der Waals surface area contributed by atoms with Crippen LogP contribution in [0.15, 0.2) is 18.2 Å². The second-order valence-corrected chi connectivity index (χ2v) is 30.4. The fourth-order valence-electron chi connectivity index (χ4n) is 15.6. The molecule has 0 spiro atoms. The number of rotatable bonds is 37. The van der Waals surface area contributed by atoms with Gasteiger partial charge in [0.05, 0.1) is 81.1 Å². The number of Topliss-reactive ketones (excluding diaryl/α,β-unsaturated/α-hetero) is 1. The van der Waals surface area contributed by atoms with Gasteiger partial charge in [0, 0.05) is 201 Å². The number of ketones is 1. The Morgan fingerprint density at radius 3 is 1.32 bits per heavy atom. The number of nitrogens with zero attached hydrogens (tertiary/aromatic N) is 11. The van der Waals surface area contributed by atoms with Gasteiger partial charge in [-0.2, -0.15) is 0 Å². The van der Waals surface area contributed by atoms with Crippen molar-refractivity contribution >= 4 is 104 Å². The standard InChI is InChI=1S/C79H117N17O19/c1-8-10-11-12-35-115-54(7)76-52(5)60-37-59-51(4)56(78(86-59)57-36-64(97)77-53(6)61(87-79(57)77)38-62-55(9-2)50(3)58(84-62)39-63(76)85-60)13-14-69(102)96(42-67(100)82-17-15-80-65(98)40-88-19-23-90(44-70(103)104)27-31-94(48-74(111)112)32-28-91(24-20-88)45-71(105)106)43-68(101)83-18-16-81-66(99)41-89-21-25-92(46-72(107)108)29-33-95(49-75(113)114)34-30-93(26-22-89)47-73(109)110/h37-39,51,54,56,85,87H,8-36,40-49H2,1-7H3,(H,80,98)(H,81,99)(H,82,100)(H,83,101)(H,103,104)(H,105,106)(H,107,108)(H,109,110)(H,111,112)(H,113,114)/t51?,54?,56-/m0/s1. The van der Waals surface area contributed by atoms with E-state index in [1.807, 2.05) is 26.0 Å². The van der Waals surface area contributed by atoms with Gasteiger partial charge in [-0.3, -0.25) is 102 Å². The van der Waals surface area contributed by atoms with E-state index in [4.69, 9.17) is 14.7 Å². The number of aliphatic carboxylic acids is 6. The summed E-state index contributed by atoms with van der Waals surface area (Å²) in [6.45, 7) is 13.8. The lowest BCUT2D eigenvalue weighted by atomic mass is 9.85. The van der Waals surface area contributed by atoms with Crippen molar-refractivity contribution in [1.29, 1.82) is 0 Å². The van der Waals surface area contributed by atoms with Gasteiger partial charge in [0.25, 0.3) is 0 Å². The molecule has 8 bridgehead atoms. The van der Waals surface area contributed by atoms with Gasteiger partial charge in [-0.25, -0.2) is 4.98 Å². The number of H-pyrrole nitrogens is 2. The highest BCUT2D eigenvalue weighted by molar-refractivity contribution is 6.13. The molecule has 0 saturated carbocycles. The number of aryl methyl sites for hydroxylation is 2. The van der Waals surface area contributed by atoms with Crippen LogP contribution in [0.2, 0.25) is 0 Å². The first-order valence-corrected chi connectivity index (χ1v) is 39.9. The van der Waals surface area contributed by atoms with Gasteiger partial charge in [-0.15, -0.1) is 0 Å². The average Bonchev–Trinajstić information content (AvgIpc) is 1.58. The quantitative estimate of drug-likeness (QED) is 0.0365. The Balaban J connectivity index is 1.01. The van der Waals surface area contributed by atoms with E-state index in [1.165, 1.54) is 0 Å². The third-order valence-electron chi connectivity index (χ3n) is 21.9. The maximum absolute atomic E-state index is 15.1. The summed E-state index contributed by atoms with van der Waals surface area (Å²) >= 11 is 0. The van der Waals surface area contributed by atoms with Crippen LogP contribution in [0.4, 0.5) is 0 Å². The van der Waals surface area contributed by atoms with Crippen molar-refractivity contribution in [3.63, 3.8) is 0 Å². The molecule has 4 aliphatic heterocycles. The highest BCUT2D eigenvalue weighted by Crippen LogP contribution is 2.45. The van der Waals surface area contributed by atoms with E-state index in [9.17, 15) is 83.4 Å². The van der Waals surface area contributed by atoms with Crippen LogP contribution in [-0.2, 0) is 63.9 Å². The maximum atomic E-state index is 15.1. The summed E-state index contributed by atoms with van der Waals surface area (Å²) < 4.78 is 6.57. The number of ether oxygens (including phenoxy) is 1. The van der Waals surface area contributed by atoms with Gasteiger partial charge >= 0.3 is 35.8 Å². The van der Waals surface area contributed by atoms with Crippen molar-refractivity contribution in [3.8, 4) is 0 Å². The zero-order valence-electron chi connectivity index (χ0n) is 67.5. The second-order valence-electron chi connectivity index (χ2n) is 30.4. The molecule has 36 heteroatoms. The molecule has 12 N–H and O–H groups in total. The molecule has 2 saturated heterocycles. The average molecular weight is 1610 g/mol. The lowest BCUT2D eigenvalue weighted by Crippen LogP contribution is -2.50. The molecule has 5 aliphatic rings. The summed E-state index contributed by atoms with van der Waals surface area (Å²) in [6, 6.07) is 6.09. The van der Waals surface area contributed by atoms with Gasteiger partial charge in [-0.1, -0.05) is 40.0 Å². The topological polar surface area (TPSA) is 470 Å². The summed E-state index contributed by atoms with van der Waals surface area (Å²) in [6.07, 6.45) is 4.58. The highest BCUT2D eigenvalue weighted by atomic mass is 16.5. The molecule has 1 aliphatic carbocycles. The highest BCUT2D eigenvalue weighted by Gasteiger charge is 2.37. The molecule has 2 fully saturated rings. The fraction of sp³-hybridized carbons (Fsp3) is 0.620. The third kappa shape index (κ3) is 27.8. The third-order valence-corrected chi connectivity index (χ3v) is 21.9. The fourth-order valence-corrected chi connectivity index (χ4v) is 15.6. The predicted octanol–water partition coefficient (Wildman–Crippen LogP) is 1.58. The molecule has 3 aromatic heterocycles. The van der Waals surface area contributed by atoms with Gasteiger partial charge in [-0.05, 0) is 87.4 Å². The van der Waals surface area contributed by atoms with E-state index in [0.29, 0.717) is 41.1 Å². The molecule has 7 heterocycles. The van der Waals surface area contributed by atoms with E-state index < -0.39 is 84.4 Å². The first-order chi connectivity index (χ1) is 54.9. The summed E-state index contributed by atoms with van der Waals surface area (Å²) in [4.78, 5) is 188. The van der Waals surface area contributed by atoms with Gasteiger partial charge in [0.1, 0.15) is 13.1 Å². The minimum atomic E-state index is -1.10. The second kappa shape index (κ2) is 44.4. The number of carbonyl (C=O) groups excluding carboxylic acids is 6. The number of nitrogens with one attached hydrogen (secondary N) is 6. The zero-order valence-corrected chi connectivity index (χ0v) is 67.5. The number of aromatic nitrogens is 4. The number of aromatic amines is 2. The Hall–Kier alpha value is -9.66. The molecular weight excluding hydrogens is 1490 g/mol. The minimum absolute atomic E-state index is 0.0442. The van der Waals surface area contributed by atoms with Crippen LogP contribution >= 0.6 is 0 Å². The van der Waals surface area contributed by atoms with Gasteiger partial charge in [0.15, 0.2) is 5.78 Å². The van der Waals surface area contributed by atoms with Gasteiger partial charge in [0.2, 0.25) is 29.5 Å². The largest absolute Gasteiger partial charge is 0.480 e. The lowest BCUT2D eigenvalue weighted by molar-refractivity contribution is -0.140. The smallest absolute Gasteiger partial charge is 0.317 e. The van der Waals surface area contributed by atoms with E-state index in [0.717, 1.165) is 86.4 Å². The summed E-state index contributed by atoms with van der Waals surface area (Å²) in [5, 5.41) is 69.1. The SMILES string of the molecule is CCCCCCOC(C)c1c(C)c2cc3nc(c4c5[nH]c(cc6nc(cc1[nH]2)C(C)=C6CC)c(C)c5C(=O)C4)[C@@H](CCC(=O)N(CC(=O)NCCNC(=O)CN1CCN(CC(=O)O)CCN(CC(=O)O)CCN(CC(=O)O)CC1)CC(=O)NCCNC(=O)CN1CCN(CC(=O)O)CCN(CC(=O)O)CCN(CC(=O)O)CC1)C3C. The van der Waals surface area contributed by atoms with Crippen molar-refractivity contribution in [2.45, 2.75) is 118 Å². The number of carbonyl (C=O) groups is 12. The molecule has 3 atom stereocenters. The summed E-state index contributed by atoms with van der Waals surface area (Å²) in [5.74, 6) is -10.4. The molecule has 3 aromatic rings. The number of carboxylic acids is 6. The maximum Gasteiger partial charge on any atom is 0.317 e. The van der Waals surface area contributed by atoms with Crippen LogP contribution in [0.1, 0.15) is 153 Å². The molecular formula is C79H117N17O19. The van der Waals surface area contributed by atoms with Crippen molar-refractivity contribution in [3.05, 3.63) is 68.8 Å². The first kappa shape index (κ1) is 90.9. The molecule has 632 valence electrons. The molecule has 115 heavy (non-hydrogen) atoms. The number of amides is 5. The number of allylic oxidation sites excluding steroid dienone is 2. The minimum Gasteiger partial charge on any atom is -0.480 e. The molecule has 8 rings (SSSR count). The molecule has 2 unspecified atom stereocenters. The van der Waals surface area contributed by atoms with Crippen LogP contribution in [0.5, 0.6) is 0 Å². The van der Waals surface area contributed by atoms with Crippen molar-refractivity contribution in [1.82, 2.24) is 85.3 Å². The number of carboxylic acid groups (broad SMARTS) is 6. The van der Waals surface area contributed by atoms with Crippen LogP contribution in [0.25, 0.3) is 33.2 Å². The lowest BCUT2D eigenvalue weighted by Gasteiger charge is -2.32. The molecule has 0 radical (unpaired) electrons. The molecule has 0 aromatic carbocycles. The van der Waals surface area contributed by atoms with Crippen molar-refractivity contribution in [2.75, 3.05) is 203 Å². The summed E-state index contributed by atoms with van der Waals surface area (Å²) in [7, 11) is 0. The van der Waals surface area contributed by atoms with E-state index in [-0.39, 0.29) is 220 Å². The Labute approximate surface area is 669 Å². The molecule has 36 nitrogen and oxygen atoms in total. The predicted molar refractivity (Wildman–Crippen MR) is 426 cm³/mol. The van der Waals surface area contributed by atoms with Crippen LogP contribution < -0.4 is 21.3 Å². The Morgan fingerprint density at radius 1 is 0.513 bits per heavy atom. The normalized spacial score (nSPS) is 18.2. The Bertz CT molecular complexity index is 4020. The Morgan fingerprint density at radius 2 is 0.913 bits per heavy atom. The summed E-state index contributed by atoms with van der Waals surface area (Å²) in [5.41, 5.74) is 11.9. The number of hydrogen-bond acceptors (Lipinski definition) is 23. The van der Waals surface area contributed by atoms with E-state index in [1.54, 1.807) is 39.2 Å². The molecule has 5 amide bonds. The van der Waals surface area contributed by atoms with Crippen molar-refractivity contribution in [2.24, 2.45) is 0 Å². The van der Waals surface area contributed by atoms with Crippen LogP contribution in [0.3, 0.4) is 0 Å². The van der Waals surface area contributed by atoms with E-state index in [2.05, 4.69) is 71.9 Å². The number of fused-ring (bicyclic) bond motifs is 8. The monoisotopic (exact) mass is 1610 g/mol. The van der Waals surface area contributed by atoms with Crippen LogP contribution in [-0.4, -0.2) is 369 Å². The van der Waals surface area contributed by atoms with Crippen molar-refractivity contribution < 1.29 is 92.9 Å². The zero-order chi connectivity index (χ0) is 83.6. The first-order valence-electron chi connectivity index (χ1n) is 39.9. The van der Waals surface area contributed by atoms with E-state index >= 15 is 4.79 Å². The number of hydrogen-bond donors (Lipinski definition) is 12. The van der Waals surface area contributed by atoms with Crippen LogP contribution in [0, 0.1) is 13.8 Å².